The van der Waals surface area contributed by atoms with Crippen LogP contribution < -0.4 is 4.57 Å². The first kappa shape index (κ1) is 12.3. The summed E-state index contributed by atoms with van der Waals surface area (Å²) in [5, 5.41) is 0. The van der Waals surface area contributed by atoms with E-state index in [-0.39, 0.29) is 0 Å². The van der Waals surface area contributed by atoms with Crippen molar-refractivity contribution in [3.8, 4) is 0 Å². The molecule has 1 aromatic rings. The summed E-state index contributed by atoms with van der Waals surface area (Å²) < 4.78 is 4.64. The molecule has 0 atom stereocenters. The van der Waals surface area contributed by atoms with Crippen molar-refractivity contribution in [3.05, 3.63) is 18.2 Å². The van der Waals surface area contributed by atoms with Gasteiger partial charge in [0.25, 0.3) is 5.82 Å². The largest absolute Gasteiger partial charge is 0.256 e. The summed E-state index contributed by atoms with van der Waals surface area (Å²) in [6.07, 6.45) is 10.9. The van der Waals surface area contributed by atoms with Crippen molar-refractivity contribution in [1.82, 2.24) is 4.57 Å². The molecule has 0 aliphatic carbocycles. The molecule has 0 N–H and O–H groups in total. The van der Waals surface area contributed by atoms with Crippen molar-refractivity contribution in [2.45, 2.75) is 58.9 Å². The minimum absolute atomic E-state index is 0.576. The van der Waals surface area contributed by atoms with Crippen molar-refractivity contribution >= 4 is 0 Å². The Bertz CT molecular complexity index is 287. The third kappa shape index (κ3) is 3.37. The van der Waals surface area contributed by atoms with E-state index in [1.807, 2.05) is 0 Å². The van der Waals surface area contributed by atoms with Gasteiger partial charge >= 0.3 is 0 Å². The minimum Gasteiger partial charge on any atom is -0.237 e. The number of rotatable bonds is 6. The average Bonchev–Trinajstić information content (AvgIpc) is 2.55. The lowest BCUT2D eigenvalue weighted by Crippen LogP contribution is -2.32. The van der Waals surface area contributed by atoms with E-state index in [1.165, 1.54) is 37.9 Å². The third-order valence-corrected chi connectivity index (χ3v) is 2.97. The van der Waals surface area contributed by atoms with Crippen molar-refractivity contribution in [2.75, 3.05) is 0 Å². The number of unbranched alkanes of at least 4 members (excludes halogenated alkanes) is 3. The Morgan fingerprint density at radius 1 is 1.27 bits per heavy atom. The van der Waals surface area contributed by atoms with Crippen LogP contribution in [0.15, 0.2) is 12.4 Å². The van der Waals surface area contributed by atoms with E-state index in [0.29, 0.717) is 6.04 Å². The molecule has 1 aromatic heterocycles. The lowest BCUT2D eigenvalue weighted by molar-refractivity contribution is -0.679. The van der Waals surface area contributed by atoms with Gasteiger partial charge in [0.15, 0.2) is 0 Å². The van der Waals surface area contributed by atoms with Crippen LogP contribution in [0.1, 0.15) is 58.3 Å². The third-order valence-electron chi connectivity index (χ3n) is 2.97. The second kappa shape index (κ2) is 5.94. The van der Waals surface area contributed by atoms with Crippen molar-refractivity contribution in [2.24, 2.45) is 7.05 Å². The van der Waals surface area contributed by atoms with Gasteiger partial charge < -0.3 is 0 Å². The van der Waals surface area contributed by atoms with E-state index in [4.69, 9.17) is 0 Å². The van der Waals surface area contributed by atoms with Crippen LogP contribution in [0.4, 0.5) is 0 Å². The monoisotopic (exact) mass is 209 g/mol. The van der Waals surface area contributed by atoms with Gasteiger partial charge in [-0.25, -0.2) is 9.13 Å². The highest BCUT2D eigenvalue weighted by atomic mass is 15.1. The fourth-order valence-corrected chi connectivity index (χ4v) is 2.01. The molecular weight excluding hydrogens is 184 g/mol. The predicted octanol–water partition coefficient (Wildman–Crippen LogP) is 3.02. The second-order valence-electron chi connectivity index (χ2n) is 4.64. The molecule has 0 saturated heterocycles. The highest BCUT2D eigenvalue weighted by molar-refractivity contribution is 4.86. The standard InChI is InChI=1S/C13H25N2/c1-5-6-7-8-9-13-14(4)10-11-15(13)12(2)3/h10-12H,5-9H2,1-4H3/q+1. The molecule has 0 aliphatic rings. The van der Waals surface area contributed by atoms with E-state index in [9.17, 15) is 0 Å². The maximum absolute atomic E-state index is 2.38. The Kier molecular flexibility index (Phi) is 4.86. The minimum atomic E-state index is 0.576. The molecule has 1 rings (SSSR count). The lowest BCUT2D eigenvalue weighted by atomic mass is 10.1. The van der Waals surface area contributed by atoms with E-state index in [2.05, 4.69) is 49.3 Å². The van der Waals surface area contributed by atoms with Crippen LogP contribution in [0.25, 0.3) is 0 Å². The van der Waals surface area contributed by atoms with Gasteiger partial charge in [-0.1, -0.05) is 26.2 Å². The summed E-state index contributed by atoms with van der Waals surface area (Å²) in [6.45, 7) is 6.75. The summed E-state index contributed by atoms with van der Waals surface area (Å²) in [5.41, 5.74) is 0. The summed E-state index contributed by atoms with van der Waals surface area (Å²) >= 11 is 0. The van der Waals surface area contributed by atoms with Crippen LogP contribution in [0.5, 0.6) is 0 Å². The predicted molar refractivity (Wildman–Crippen MR) is 63.8 cm³/mol. The van der Waals surface area contributed by atoms with E-state index < -0.39 is 0 Å². The zero-order chi connectivity index (χ0) is 11.3. The van der Waals surface area contributed by atoms with Crippen molar-refractivity contribution in [1.29, 1.82) is 0 Å². The van der Waals surface area contributed by atoms with Crippen LogP contribution >= 0.6 is 0 Å². The first-order valence-corrected chi connectivity index (χ1v) is 6.22. The van der Waals surface area contributed by atoms with Gasteiger partial charge in [0.1, 0.15) is 12.4 Å². The molecular formula is C13H25N2+. The Morgan fingerprint density at radius 3 is 2.60 bits per heavy atom. The first-order valence-electron chi connectivity index (χ1n) is 6.22. The molecule has 0 fully saturated rings. The van der Waals surface area contributed by atoms with E-state index >= 15 is 0 Å². The number of hydrogen-bond acceptors (Lipinski definition) is 0. The smallest absolute Gasteiger partial charge is 0.237 e. The summed E-state index contributed by atoms with van der Waals surface area (Å²) in [6, 6.07) is 0.576. The van der Waals surface area contributed by atoms with Gasteiger partial charge in [-0.05, 0) is 20.3 Å². The summed E-state index contributed by atoms with van der Waals surface area (Å²) in [4.78, 5) is 0. The van der Waals surface area contributed by atoms with Gasteiger partial charge in [-0.15, -0.1) is 0 Å². The van der Waals surface area contributed by atoms with Crippen molar-refractivity contribution < 1.29 is 4.57 Å². The number of hydrogen-bond donors (Lipinski definition) is 0. The molecule has 2 nitrogen and oxygen atoms in total. The SMILES string of the molecule is CCCCCCc1n(C(C)C)cc[n+]1C. The van der Waals surface area contributed by atoms with Crippen LogP contribution in [0.3, 0.4) is 0 Å². The molecule has 86 valence electrons. The molecule has 0 radical (unpaired) electrons. The highest BCUT2D eigenvalue weighted by Gasteiger charge is 2.15. The first-order chi connectivity index (χ1) is 7.16. The Labute approximate surface area is 93.9 Å². The zero-order valence-corrected chi connectivity index (χ0v) is 10.7. The molecule has 1 heterocycles. The molecule has 0 aromatic carbocycles. The molecule has 0 saturated carbocycles. The van der Waals surface area contributed by atoms with Crippen molar-refractivity contribution in [3.63, 3.8) is 0 Å². The Hall–Kier alpha value is -0.790. The normalized spacial score (nSPS) is 11.3. The fraction of sp³-hybridized carbons (Fsp3) is 0.769. The highest BCUT2D eigenvalue weighted by Crippen LogP contribution is 2.10. The number of aromatic nitrogens is 2. The quantitative estimate of drug-likeness (QED) is 0.503. The molecule has 0 bridgehead atoms. The maximum Gasteiger partial charge on any atom is 0.256 e. The maximum atomic E-state index is 2.38. The van der Waals surface area contributed by atoms with E-state index in [1.54, 1.807) is 0 Å². The van der Waals surface area contributed by atoms with Crippen LogP contribution in [0, 0.1) is 0 Å². The molecule has 0 unspecified atom stereocenters. The van der Waals surface area contributed by atoms with Crippen LogP contribution in [0.2, 0.25) is 0 Å². The molecule has 0 spiro atoms. The average molecular weight is 209 g/mol. The van der Waals surface area contributed by atoms with Gasteiger partial charge in [-0.2, -0.15) is 0 Å². The van der Waals surface area contributed by atoms with Gasteiger partial charge in [0, 0.05) is 6.42 Å². The Morgan fingerprint density at radius 2 is 2.00 bits per heavy atom. The van der Waals surface area contributed by atoms with Gasteiger partial charge in [-0.3, -0.25) is 0 Å². The summed E-state index contributed by atoms with van der Waals surface area (Å²) in [7, 11) is 2.15. The van der Waals surface area contributed by atoms with Crippen LogP contribution in [-0.2, 0) is 13.5 Å². The van der Waals surface area contributed by atoms with Gasteiger partial charge in [0.05, 0.1) is 13.1 Å². The fourth-order valence-electron chi connectivity index (χ4n) is 2.01. The Balaban J connectivity index is 2.54. The molecule has 0 amide bonds. The molecule has 0 aliphatic heterocycles. The molecule has 15 heavy (non-hydrogen) atoms. The number of aryl methyl sites for hydroxylation is 1. The molecule has 2 heteroatoms. The topological polar surface area (TPSA) is 8.81 Å². The second-order valence-corrected chi connectivity index (χ2v) is 4.64. The zero-order valence-electron chi connectivity index (χ0n) is 10.7. The number of nitrogens with zero attached hydrogens (tertiary/aromatic N) is 2. The van der Waals surface area contributed by atoms with E-state index in [0.717, 1.165) is 0 Å². The lowest BCUT2D eigenvalue weighted by Gasteiger charge is -2.05. The number of imidazole rings is 1. The van der Waals surface area contributed by atoms with Gasteiger partial charge in [0.2, 0.25) is 0 Å². The summed E-state index contributed by atoms with van der Waals surface area (Å²) in [5.74, 6) is 1.46. The van der Waals surface area contributed by atoms with Crippen LogP contribution in [-0.4, -0.2) is 4.57 Å².